The lowest BCUT2D eigenvalue weighted by Gasteiger charge is -2.31. The number of piperazine rings is 1. The van der Waals surface area contributed by atoms with E-state index in [1.165, 1.54) is 0 Å². The molecule has 0 N–H and O–H groups in total. The molecule has 0 radical (unpaired) electrons. The maximum atomic E-state index is 12.2. The molecular formula is C17H28Cl2N2O2. The second-order valence-electron chi connectivity index (χ2n) is 5.67. The maximum absolute atomic E-state index is 12.2. The minimum absolute atomic E-state index is 0. The van der Waals surface area contributed by atoms with Crippen LogP contribution in [0.4, 0.5) is 0 Å². The Labute approximate surface area is 152 Å². The number of ether oxygens (including phenoxy) is 1. The van der Waals surface area contributed by atoms with Crippen LogP contribution in [0.25, 0.3) is 0 Å². The molecule has 1 saturated heterocycles. The van der Waals surface area contributed by atoms with Crippen LogP contribution in [0.15, 0.2) is 18.2 Å². The van der Waals surface area contributed by atoms with E-state index in [1.807, 2.05) is 18.2 Å². The van der Waals surface area contributed by atoms with Gasteiger partial charge in [-0.1, -0.05) is 32.0 Å². The van der Waals surface area contributed by atoms with Gasteiger partial charge in [-0.25, -0.2) is 0 Å². The Morgan fingerprint density at radius 1 is 1.04 bits per heavy atom. The molecule has 1 fully saturated rings. The van der Waals surface area contributed by atoms with Gasteiger partial charge in [-0.2, -0.15) is 0 Å². The summed E-state index contributed by atoms with van der Waals surface area (Å²) in [5.74, 6) is 0.636. The van der Waals surface area contributed by atoms with Crippen molar-refractivity contribution in [1.29, 1.82) is 0 Å². The fourth-order valence-corrected chi connectivity index (χ4v) is 2.66. The molecule has 2 rings (SSSR count). The number of rotatable bonds is 5. The fourth-order valence-electron chi connectivity index (χ4n) is 2.66. The quantitative estimate of drug-likeness (QED) is 0.595. The fraction of sp³-hybridized carbons (Fsp3) is 0.588. The third-order valence-corrected chi connectivity index (χ3v) is 4.10. The molecule has 1 aliphatic heterocycles. The van der Waals surface area contributed by atoms with E-state index in [1.54, 1.807) is 0 Å². The van der Waals surface area contributed by atoms with E-state index in [2.05, 4.69) is 30.7 Å². The largest absolute Gasteiger partial charge is 0.425 e. The Bertz CT molecular complexity index is 467. The zero-order valence-electron chi connectivity index (χ0n) is 14.2. The number of carbonyl (C=O) groups is 1. The first kappa shape index (κ1) is 22.2. The van der Waals surface area contributed by atoms with Crippen LogP contribution < -0.4 is 4.74 Å². The number of hydrogen-bond acceptors (Lipinski definition) is 4. The van der Waals surface area contributed by atoms with E-state index in [0.29, 0.717) is 6.54 Å². The van der Waals surface area contributed by atoms with Gasteiger partial charge in [-0.3, -0.25) is 9.69 Å². The SMILES string of the molecule is CCc1cccc(CC)c1OC(=O)CN1CCN(C)CC1.Cl.Cl. The molecular weight excluding hydrogens is 335 g/mol. The molecule has 0 aromatic heterocycles. The third kappa shape index (κ3) is 6.30. The summed E-state index contributed by atoms with van der Waals surface area (Å²) in [4.78, 5) is 16.7. The number of benzene rings is 1. The average molecular weight is 363 g/mol. The molecule has 132 valence electrons. The number of hydrogen-bond donors (Lipinski definition) is 0. The zero-order chi connectivity index (χ0) is 15.2. The lowest BCUT2D eigenvalue weighted by atomic mass is 10.0. The van der Waals surface area contributed by atoms with E-state index in [4.69, 9.17) is 4.74 Å². The zero-order valence-corrected chi connectivity index (χ0v) is 15.8. The smallest absolute Gasteiger partial charge is 0.325 e. The normalized spacial score (nSPS) is 15.4. The number of halogens is 2. The molecule has 0 saturated carbocycles. The highest BCUT2D eigenvalue weighted by atomic mass is 35.5. The van der Waals surface area contributed by atoms with Gasteiger partial charge in [0.25, 0.3) is 0 Å². The van der Waals surface area contributed by atoms with Gasteiger partial charge in [0.1, 0.15) is 5.75 Å². The van der Waals surface area contributed by atoms with E-state index >= 15 is 0 Å². The Hall–Kier alpha value is -0.810. The molecule has 4 nitrogen and oxygen atoms in total. The summed E-state index contributed by atoms with van der Waals surface area (Å²) in [6.07, 6.45) is 1.76. The molecule has 0 atom stereocenters. The van der Waals surface area contributed by atoms with Gasteiger partial charge in [-0.05, 0) is 31.0 Å². The van der Waals surface area contributed by atoms with Crippen LogP contribution in [0.1, 0.15) is 25.0 Å². The van der Waals surface area contributed by atoms with Crippen molar-refractivity contribution in [3.63, 3.8) is 0 Å². The van der Waals surface area contributed by atoms with Gasteiger partial charge < -0.3 is 9.64 Å². The van der Waals surface area contributed by atoms with E-state index in [9.17, 15) is 4.79 Å². The average Bonchev–Trinajstić information content (AvgIpc) is 2.49. The van der Waals surface area contributed by atoms with Crippen LogP contribution in [0.2, 0.25) is 0 Å². The highest BCUT2D eigenvalue weighted by Crippen LogP contribution is 2.25. The van der Waals surface area contributed by atoms with Crippen molar-refractivity contribution < 1.29 is 9.53 Å². The van der Waals surface area contributed by atoms with Crippen LogP contribution in [0.5, 0.6) is 5.75 Å². The van der Waals surface area contributed by atoms with Crippen LogP contribution in [-0.4, -0.2) is 55.5 Å². The molecule has 0 unspecified atom stereocenters. The van der Waals surface area contributed by atoms with Crippen molar-refractivity contribution in [3.05, 3.63) is 29.3 Å². The molecule has 0 bridgehead atoms. The first-order valence-corrected chi connectivity index (χ1v) is 7.86. The topological polar surface area (TPSA) is 32.8 Å². The summed E-state index contributed by atoms with van der Waals surface area (Å²) < 4.78 is 5.69. The van der Waals surface area contributed by atoms with Crippen LogP contribution in [0, 0.1) is 0 Å². The summed E-state index contributed by atoms with van der Waals surface area (Å²) in [6.45, 7) is 8.45. The predicted molar refractivity (Wildman–Crippen MR) is 99.3 cm³/mol. The number of esters is 1. The van der Waals surface area contributed by atoms with Crippen LogP contribution in [-0.2, 0) is 17.6 Å². The molecule has 1 aliphatic rings. The molecule has 0 spiro atoms. The number of aryl methyl sites for hydroxylation is 2. The van der Waals surface area contributed by atoms with Crippen molar-refractivity contribution in [2.45, 2.75) is 26.7 Å². The minimum Gasteiger partial charge on any atom is -0.425 e. The van der Waals surface area contributed by atoms with Gasteiger partial charge in [-0.15, -0.1) is 24.8 Å². The van der Waals surface area contributed by atoms with Gasteiger partial charge in [0.2, 0.25) is 0 Å². The predicted octanol–water partition coefficient (Wildman–Crippen LogP) is 2.81. The lowest BCUT2D eigenvalue weighted by Crippen LogP contribution is -2.46. The summed E-state index contributed by atoms with van der Waals surface area (Å²) in [5.41, 5.74) is 2.22. The van der Waals surface area contributed by atoms with Crippen molar-refractivity contribution in [1.82, 2.24) is 9.80 Å². The van der Waals surface area contributed by atoms with E-state index < -0.39 is 0 Å². The van der Waals surface area contributed by atoms with Gasteiger partial charge >= 0.3 is 5.97 Å². The Morgan fingerprint density at radius 3 is 2.04 bits per heavy atom. The number of nitrogens with zero attached hydrogens (tertiary/aromatic N) is 2. The Morgan fingerprint density at radius 2 is 1.57 bits per heavy atom. The van der Waals surface area contributed by atoms with Gasteiger partial charge in [0.05, 0.1) is 6.54 Å². The standard InChI is InChI=1S/C17H26N2O2.2ClH/c1-4-14-7-6-8-15(5-2)17(14)21-16(20)13-19-11-9-18(3)10-12-19;;/h6-8H,4-5,9-13H2,1-3H3;2*1H. The van der Waals surface area contributed by atoms with E-state index in [-0.39, 0.29) is 30.8 Å². The maximum Gasteiger partial charge on any atom is 0.325 e. The van der Waals surface area contributed by atoms with Gasteiger partial charge in [0.15, 0.2) is 0 Å². The molecule has 23 heavy (non-hydrogen) atoms. The lowest BCUT2D eigenvalue weighted by molar-refractivity contribution is -0.136. The van der Waals surface area contributed by atoms with Crippen molar-refractivity contribution in [2.24, 2.45) is 0 Å². The summed E-state index contributed by atoms with van der Waals surface area (Å²) >= 11 is 0. The van der Waals surface area contributed by atoms with Gasteiger partial charge in [0, 0.05) is 26.2 Å². The molecule has 0 amide bonds. The monoisotopic (exact) mass is 362 g/mol. The minimum atomic E-state index is -0.143. The first-order chi connectivity index (χ1) is 10.1. The number of likely N-dealkylation sites (N-methyl/N-ethyl adjacent to an activating group) is 1. The molecule has 0 aliphatic carbocycles. The number of carbonyl (C=O) groups excluding carboxylic acids is 1. The summed E-state index contributed by atoms with van der Waals surface area (Å²) in [5, 5.41) is 0. The molecule has 6 heteroatoms. The number of para-hydroxylation sites is 1. The highest BCUT2D eigenvalue weighted by Gasteiger charge is 2.19. The molecule has 1 aromatic rings. The van der Waals surface area contributed by atoms with Crippen molar-refractivity contribution >= 4 is 30.8 Å². The van der Waals surface area contributed by atoms with Crippen molar-refractivity contribution in [3.8, 4) is 5.75 Å². The van der Waals surface area contributed by atoms with E-state index in [0.717, 1.165) is 55.9 Å². The second kappa shape index (κ2) is 10.9. The first-order valence-electron chi connectivity index (χ1n) is 7.86. The summed E-state index contributed by atoms with van der Waals surface area (Å²) in [7, 11) is 2.11. The molecule has 1 heterocycles. The highest BCUT2D eigenvalue weighted by molar-refractivity contribution is 5.85. The van der Waals surface area contributed by atoms with Crippen molar-refractivity contribution in [2.75, 3.05) is 39.8 Å². The second-order valence-corrected chi connectivity index (χ2v) is 5.67. The Kier molecular flexibility index (Phi) is 10.5. The van der Waals surface area contributed by atoms with Crippen LogP contribution in [0.3, 0.4) is 0 Å². The summed E-state index contributed by atoms with van der Waals surface area (Å²) in [6, 6.07) is 6.12. The Balaban J connectivity index is 0.00000242. The third-order valence-electron chi connectivity index (χ3n) is 4.10. The van der Waals surface area contributed by atoms with Crippen LogP contribution >= 0.6 is 24.8 Å². The molecule has 1 aromatic carbocycles.